The maximum absolute atomic E-state index is 13.6. The van der Waals surface area contributed by atoms with E-state index in [2.05, 4.69) is 47.5 Å². The molecule has 52 heavy (non-hydrogen) atoms. The highest BCUT2D eigenvalue weighted by Crippen LogP contribution is 2.07. The Morgan fingerprint density at radius 2 is 1.52 bits per heavy atom. The molecule has 0 aromatic rings. The van der Waals surface area contributed by atoms with E-state index in [9.17, 15) is 33.6 Å². The van der Waals surface area contributed by atoms with Crippen LogP contribution in [-0.2, 0) is 33.6 Å². The van der Waals surface area contributed by atoms with E-state index in [1.165, 1.54) is 6.92 Å². The number of aliphatic imine (C=N–C) groups is 1. The Morgan fingerprint density at radius 1 is 0.885 bits per heavy atom. The number of hydrogen-bond acceptors (Lipinski definition) is 15. The molecule has 0 saturated carbocycles. The molecule has 0 bridgehead atoms. The summed E-state index contributed by atoms with van der Waals surface area (Å²) < 4.78 is 0. The third-order valence-corrected chi connectivity index (χ3v) is 8.17. The molecular formula is C30H55N15O7. The quantitative estimate of drug-likeness (QED) is 0.0737. The van der Waals surface area contributed by atoms with Crippen molar-refractivity contribution < 1.29 is 33.6 Å². The Morgan fingerprint density at radius 3 is 2.12 bits per heavy atom. The predicted molar refractivity (Wildman–Crippen MR) is 190 cm³/mol. The maximum Gasteiger partial charge on any atom is 0.270 e. The SMILES string of the molecule is C[C@@H]1NC(=O)[C@@H](NC(=O)C[C@@H](N)CCCN)CNC(=O)[C@H](C2CCN=C(N)N2)NC(=O)/C(=C/N)NC(=O)[C@H](CNC(=O)C[C@@H](N)CCCN)NC1=O. The number of rotatable bonds is 14. The van der Waals surface area contributed by atoms with Crippen LogP contribution < -0.4 is 76.9 Å². The second kappa shape index (κ2) is 22.0. The average molecular weight is 738 g/mol. The second-order valence-electron chi connectivity index (χ2n) is 12.6. The summed E-state index contributed by atoms with van der Waals surface area (Å²) in [7, 11) is 0. The van der Waals surface area contributed by atoms with E-state index in [-0.39, 0.29) is 31.8 Å². The molecule has 7 amide bonds. The van der Waals surface area contributed by atoms with Gasteiger partial charge >= 0.3 is 0 Å². The van der Waals surface area contributed by atoms with E-state index in [4.69, 9.17) is 34.4 Å². The van der Waals surface area contributed by atoms with Gasteiger partial charge < -0.3 is 76.9 Å². The number of carbonyl (C=O) groups excluding carboxylic acids is 7. The van der Waals surface area contributed by atoms with Gasteiger partial charge in [-0.05, 0) is 52.1 Å². The average Bonchev–Trinajstić information content (AvgIpc) is 3.10. The first-order chi connectivity index (χ1) is 24.7. The molecule has 0 radical (unpaired) electrons. The summed E-state index contributed by atoms with van der Waals surface area (Å²) in [6, 6.07) is -7.42. The number of guanidine groups is 1. The standard InChI is InChI=1S/C30H55N15O7/c1-15-25(48)43-21(13-38-22(46)10-16(34)4-2-7-31)28(51)42-19(12-33)26(49)45-24(18-6-9-37-30(36)44-18)29(52)39-14-20(27(50)40-15)41-23(47)11-17(35)5-3-8-32/h12,15-18,20-21,24H,2-11,13-14,31-35H2,1H3,(H,38,46)(H,39,52)(H,40,50)(H,41,47)(H,42,51)(H,43,48)(H,45,49)(H3,36,37,44)/b19-12-/t15-,16-,17-,18?,20-,21-,24-/m0/s1. The molecule has 292 valence electrons. The minimum absolute atomic E-state index is 0.0128. The highest BCUT2D eigenvalue weighted by molar-refractivity contribution is 6.02. The van der Waals surface area contributed by atoms with E-state index in [0.717, 1.165) is 6.20 Å². The van der Waals surface area contributed by atoms with Crippen LogP contribution in [0.25, 0.3) is 0 Å². The van der Waals surface area contributed by atoms with Gasteiger partial charge in [-0.3, -0.25) is 38.6 Å². The third-order valence-electron chi connectivity index (χ3n) is 8.17. The molecule has 2 rings (SSSR count). The van der Waals surface area contributed by atoms with Gasteiger partial charge in [0.15, 0.2) is 5.96 Å². The normalized spacial score (nSPS) is 25.6. The molecule has 20 N–H and O–H groups in total. The molecule has 0 aliphatic carbocycles. The molecular weight excluding hydrogens is 682 g/mol. The van der Waals surface area contributed by atoms with Crippen molar-refractivity contribution in [3.05, 3.63) is 11.9 Å². The fraction of sp³-hybridized carbons (Fsp3) is 0.667. The van der Waals surface area contributed by atoms with Crippen molar-refractivity contribution in [2.45, 2.75) is 94.2 Å². The molecule has 22 nitrogen and oxygen atoms in total. The lowest BCUT2D eigenvalue weighted by molar-refractivity contribution is -0.134. The number of carbonyl (C=O) groups is 7. The van der Waals surface area contributed by atoms with E-state index < -0.39 is 102 Å². The highest BCUT2D eigenvalue weighted by Gasteiger charge is 2.35. The zero-order chi connectivity index (χ0) is 38.8. The van der Waals surface area contributed by atoms with Gasteiger partial charge in [0.2, 0.25) is 35.4 Å². The van der Waals surface area contributed by atoms with Crippen LogP contribution in [0.1, 0.15) is 51.9 Å². The van der Waals surface area contributed by atoms with Crippen molar-refractivity contribution in [2.24, 2.45) is 39.4 Å². The van der Waals surface area contributed by atoms with E-state index in [1.807, 2.05) is 0 Å². The van der Waals surface area contributed by atoms with Gasteiger partial charge in [0.25, 0.3) is 5.91 Å². The van der Waals surface area contributed by atoms with Crippen LogP contribution in [0.5, 0.6) is 0 Å². The number of nitrogens with one attached hydrogen (secondary N) is 8. The van der Waals surface area contributed by atoms with E-state index in [1.54, 1.807) is 0 Å². The summed E-state index contributed by atoms with van der Waals surface area (Å²) in [6.45, 7) is 1.38. The Kier molecular flexibility index (Phi) is 18.2. The van der Waals surface area contributed by atoms with Crippen LogP contribution in [0.15, 0.2) is 16.9 Å². The third kappa shape index (κ3) is 14.7. The van der Waals surface area contributed by atoms with Crippen molar-refractivity contribution >= 4 is 47.3 Å². The summed E-state index contributed by atoms with van der Waals surface area (Å²) >= 11 is 0. The number of nitrogens with two attached hydrogens (primary N) is 6. The van der Waals surface area contributed by atoms with Gasteiger partial charge in [-0.15, -0.1) is 0 Å². The van der Waals surface area contributed by atoms with Crippen molar-refractivity contribution in [2.75, 3.05) is 32.7 Å². The first-order valence-electron chi connectivity index (χ1n) is 17.1. The van der Waals surface area contributed by atoms with Crippen LogP contribution in [0.2, 0.25) is 0 Å². The zero-order valence-electron chi connectivity index (χ0n) is 29.4. The molecule has 0 aromatic carbocycles. The Labute approximate surface area is 301 Å². The summed E-state index contributed by atoms with van der Waals surface area (Å²) in [5.41, 5.74) is 34.1. The summed E-state index contributed by atoms with van der Waals surface area (Å²) in [4.78, 5) is 96.8. The molecule has 0 aromatic heterocycles. The molecule has 2 aliphatic heterocycles. The van der Waals surface area contributed by atoms with Crippen LogP contribution in [0.4, 0.5) is 0 Å². The Bertz CT molecular complexity index is 1340. The van der Waals surface area contributed by atoms with Gasteiger partial charge in [-0.1, -0.05) is 0 Å². The highest BCUT2D eigenvalue weighted by atomic mass is 16.2. The van der Waals surface area contributed by atoms with Gasteiger partial charge in [0.1, 0.15) is 29.9 Å². The van der Waals surface area contributed by atoms with Crippen molar-refractivity contribution in [3.8, 4) is 0 Å². The predicted octanol–water partition coefficient (Wildman–Crippen LogP) is -7.30. The van der Waals surface area contributed by atoms with Crippen molar-refractivity contribution in [3.63, 3.8) is 0 Å². The Hall–Kier alpha value is -5.06. The summed E-state index contributed by atoms with van der Waals surface area (Å²) in [5, 5.41) is 20.2. The van der Waals surface area contributed by atoms with Crippen LogP contribution in [0.3, 0.4) is 0 Å². The van der Waals surface area contributed by atoms with E-state index >= 15 is 0 Å². The van der Waals surface area contributed by atoms with Crippen molar-refractivity contribution in [1.82, 2.24) is 42.5 Å². The molecule has 1 fully saturated rings. The Balaban J connectivity index is 2.42. The topological polar surface area (TPSA) is 384 Å². The fourth-order valence-corrected chi connectivity index (χ4v) is 5.23. The number of nitrogens with zero attached hydrogens (tertiary/aromatic N) is 1. The van der Waals surface area contributed by atoms with Crippen LogP contribution in [0, 0.1) is 0 Å². The van der Waals surface area contributed by atoms with Gasteiger partial charge in [-0.2, -0.15) is 0 Å². The second-order valence-corrected chi connectivity index (χ2v) is 12.6. The zero-order valence-corrected chi connectivity index (χ0v) is 29.4. The van der Waals surface area contributed by atoms with Gasteiger partial charge in [-0.25, -0.2) is 0 Å². The lowest BCUT2D eigenvalue weighted by Gasteiger charge is -2.31. The first kappa shape index (κ1) is 43.1. The minimum Gasteiger partial charge on any atom is -0.403 e. The van der Waals surface area contributed by atoms with Crippen LogP contribution >= 0.6 is 0 Å². The number of hydrogen-bond donors (Lipinski definition) is 14. The minimum atomic E-state index is -1.49. The lowest BCUT2D eigenvalue weighted by Crippen LogP contribution is -2.64. The summed E-state index contributed by atoms with van der Waals surface area (Å²) in [5.74, 6) is -5.60. The van der Waals surface area contributed by atoms with Gasteiger partial charge in [0.05, 0.1) is 6.04 Å². The largest absolute Gasteiger partial charge is 0.403 e. The first-order valence-corrected chi connectivity index (χ1v) is 17.1. The maximum atomic E-state index is 13.6. The molecule has 1 unspecified atom stereocenters. The van der Waals surface area contributed by atoms with Crippen LogP contribution in [-0.4, -0.2) is 122 Å². The molecule has 2 aliphatic rings. The number of amides is 7. The molecule has 22 heteroatoms. The monoisotopic (exact) mass is 737 g/mol. The molecule has 0 spiro atoms. The van der Waals surface area contributed by atoms with Gasteiger partial charge in [0, 0.05) is 50.8 Å². The summed E-state index contributed by atoms with van der Waals surface area (Å²) in [6.07, 6.45) is 2.89. The smallest absolute Gasteiger partial charge is 0.270 e. The fourth-order valence-electron chi connectivity index (χ4n) is 5.23. The lowest BCUT2D eigenvalue weighted by atomic mass is 10.0. The van der Waals surface area contributed by atoms with Crippen molar-refractivity contribution in [1.29, 1.82) is 0 Å². The molecule has 7 atom stereocenters. The van der Waals surface area contributed by atoms with E-state index in [0.29, 0.717) is 38.8 Å². The molecule has 2 heterocycles. The molecule has 1 saturated heterocycles.